The molecule has 0 aliphatic rings. The second-order valence-electron chi connectivity index (χ2n) is 4.97. The second kappa shape index (κ2) is 6.89. The highest BCUT2D eigenvalue weighted by atomic mass is 127. The van der Waals surface area contributed by atoms with Crippen molar-refractivity contribution in [3.8, 4) is 0 Å². The predicted octanol–water partition coefficient (Wildman–Crippen LogP) is 4.31. The maximum atomic E-state index is 6.20. The zero-order chi connectivity index (χ0) is 14.7. The summed E-state index contributed by atoms with van der Waals surface area (Å²) in [6.07, 6.45) is 0.853. The maximum absolute atomic E-state index is 6.20. The third-order valence-electron chi connectivity index (χ3n) is 3.60. The molecule has 0 saturated carbocycles. The van der Waals surface area contributed by atoms with Crippen LogP contribution >= 0.6 is 34.2 Å². The SMILES string of the molecule is Cc1cccc(C)c1CC(NN)c1ccc(I)c(Cl)c1. The van der Waals surface area contributed by atoms with Crippen molar-refractivity contribution < 1.29 is 0 Å². The molecule has 106 valence electrons. The first-order valence-electron chi connectivity index (χ1n) is 6.49. The molecule has 0 amide bonds. The Balaban J connectivity index is 2.31. The Morgan fingerprint density at radius 2 is 1.85 bits per heavy atom. The van der Waals surface area contributed by atoms with Crippen LogP contribution in [-0.2, 0) is 6.42 Å². The quantitative estimate of drug-likeness (QED) is 0.456. The lowest BCUT2D eigenvalue weighted by atomic mass is 9.93. The Labute approximate surface area is 138 Å². The van der Waals surface area contributed by atoms with E-state index in [1.54, 1.807) is 0 Å². The largest absolute Gasteiger partial charge is 0.271 e. The third-order valence-corrected chi connectivity index (χ3v) is 5.17. The van der Waals surface area contributed by atoms with Crippen LogP contribution in [0.5, 0.6) is 0 Å². The normalized spacial score (nSPS) is 12.4. The van der Waals surface area contributed by atoms with Gasteiger partial charge in [0.15, 0.2) is 0 Å². The van der Waals surface area contributed by atoms with Crippen molar-refractivity contribution in [2.45, 2.75) is 26.3 Å². The summed E-state index contributed by atoms with van der Waals surface area (Å²) in [7, 11) is 0. The van der Waals surface area contributed by atoms with Crippen molar-refractivity contribution >= 4 is 34.2 Å². The van der Waals surface area contributed by atoms with E-state index >= 15 is 0 Å². The molecule has 1 atom stereocenters. The number of aryl methyl sites for hydroxylation is 2. The van der Waals surface area contributed by atoms with Crippen molar-refractivity contribution in [1.82, 2.24) is 5.43 Å². The zero-order valence-electron chi connectivity index (χ0n) is 11.6. The molecule has 2 nitrogen and oxygen atoms in total. The molecular formula is C16H18ClIN2. The van der Waals surface area contributed by atoms with Crippen molar-refractivity contribution in [3.63, 3.8) is 0 Å². The molecule has 3 N–H and O–H groups in total. The van der Waals surface area contributed by atoms with Crippen LogP contribution in [0.3, 0.4) is 0 Å². The van der Waals surface area contributed by atoms with Gasteiger partial charge in [0.2, 0.25) is 0 Å². The fourth-order valence-electron chi connectivity index (χ4n) is 2.38. The van der Waals surface area contributed by atoms with Crippen molar-refractivity contribution in [2.24, 2.45) is 5.84 Å². The molecule has 0 aliphatic heterocycles. The minimum atomic E-state index is 0.0595. The van der Waals surface area contributed by atoms with E-state index in [1.807, 2.05) is 12.1 Å². The van der Waals surface area contributed by atoms with Crippen LogP contribution in [0.4, 0.5) is 0 Å². The molecular weight excluding hydrogens is 383 g/mol. The van der Waals surface area contributed by atoms with Gasteiger partial charge >= 0.3 is 0 Å². The molecule has 0 aromatic heterocycles. The molecule has 0 heterocycles. The number of hydrogen-bond donors (Lipinski definition) is 2. The summed E-state index contributed by atoms with van der Waals surface area (Å²) in [5, 5.41) is 0.768. The van der Waals surface area contributed by atoms with Crippen LogP contribution in [0.15, 0.2) is 36.4 Å². The average Bonchev–Trinajstić information content (AvgIpc) is 2.42. The highest BCUT2D eigenvalue weighted by molar-refractivity contribution is 14.1. The van der Waals surface area contributed by atoms with Crippen LogP contribution in [0.1, 0.15) is 28.3 Å². The Hall–Kier alpha value is -0.620. The smallest absolute Gasteiger partial charge is 0.0542 e. The van der Waals surface area contributed by atoms with E-state index < -0.39 is 0 Å². The minimum Gasteiger partial charge on any atom is -0.271 e. The molecule has 0 spiro atoms. The first kappa shape index (κ1) is 15.8. The molecule has 1 unspecified atom stereocenters. The lowest BCUT2D eigenvalue weighted by Crippen LogP contribution is -2.30. The minimum absolute atomic E-state index is 0.0595. The summed E-state index contributed by atoms with van der Waals surface area (Å²) in [6.45, 7) is 4.27. The van der Waals surface area contributed by atoms with Crippen molar-refractivity contribution in [3.05, 3.63) is 67.2 Å². The Morgan fingerprint density at radius 3 is 2.40 bits per heavy atom. The van der Waals surface area contributed by atoms with E-state index in [9.17, 15) is 0 Å². The number of nitrogens with two attached hydrogens (primary N) is 1. The fraction of sp³-hybridized carbons (Fsp3) is 0.250. The Bertz CT molecular complexity index is 593. The van der Waals surface area contributed by atoms with Gasteiger partial charge in [-0.1, -0.05) is 35.9 Å². The van der Waals surface area contributed by atoms with Gasteiger partial charge in [-0.05, 0) is 77.2 Å². The summed E-state index contributed by atoms with van der Waals surface area (Å²) in [6, 6.07) is 12.5. The van der Waals surface area contributed by atoms with Crippen LogP contribution in [-0.4, -0.2) is 0 Å². The fourth-order valence-corrected chi connectivity index (χ4v) is 2.90. The van der Waals surface area contributed by atoms with E-state index in [-0.39, 0.29) is 6.04 Å². The summed E-state index contributed by atoms with van der Waals surface area (Å²) < 4.78 is 1.05. The van der Waals surface area contributed by atoms with E-state index in [1.165, 1.54) is 16.7 Å². The number of nitrogens with one attached hydrogen (secondary N) is 1. The van der Waals surface area contributed by atoms with Gasteiger partial charge in [-0.15, -0.1) is 0 Å². The maximum Gasteiger partial charge on any atom is 0.0542 e. The van der Waals surface area contributed by atoms with Gasteiger partial charge < -0.3 is 0 Å². The van der Waals surface area contributed by atoms with E-state index in [2.05, 4.69) is 66.1 Å². The van der Waals surface area contributed by atoms with Crippen LogP contribution in [0.25, 0.3) is 0 Å². The number of halogens is 2. The zero-order valence-corrected chi connectivity index (χ0v) is 14.5. The molecule has 0 bridgehead atoms. The molecule has 0 radical (unpaired) electrons. The van der Waals surface area contributed by atoms with Crippen LogP contribution in [0.2, 0.25) is 5.02 Å². The topological polar surface area (TPSA) is 38.0 Å². The van der Waals surface area contributed by atoms with Crippen LogP contribution < -0.4 is 11.3 Å². The van der Waals surface area contributed by atoms with E-state index in [4.69, 9.17) is 17.4 Å². The summed E-state index contributed by atoms with van der Waals surface area (Å²) >= 11 is 8.43. The molecule has 4 heteroatoms. The molecule has 20 heavy (non-hydrogen) atoms. The van der Waals surface area contributed by atoms with Crippen molar-refractivity contribution in [1.29, 1.82) is 0 Å². The second-order valence-corrected chi connectivity index (χ2v) is 6.54. The van der Waals surface area contributed by atoms with Gasteiger partial charge in [0.1, 0.15) is 0 Å². The van der Waals surface area contributed by atoms with Crippen LogP contribution in [0, 0.1) is 17.4 Å². The molecule has 2 rings (SSSR count). The first-order valence-corrected chi connectivity index (χ1v) is 7.94. The number of hydrazine groups is 1. The van der Waals surface area contributed by atoms with Gasteiger partial charge in [-0.25, -0.2) is 0 Å². The average molecular weight is 401 g/mol. The highest BCUT2D eigenvalue weighted by Crippen LogP contribution is 2.26. The lowest BCUT2D eigenvalue weighted by molar-refractivity contribution is 0.549. The van der Waals surface area contributed by atoms with Gasteiger partial charge in [-0.3, -0.25) is 11.3 Å². The lowest BCUT2D eigenvalue weighted by Gasteiger charge is -2.19. The molecule has 0 saturated heterocycles. The molecule has 0 fully saturated rings. The summed E-state index contributed by atoms with van der Waals surface area (Å²) in [5.41, 5.74) is 7.94. The number of benzene rings is 2. The van der Waals surface area contributed by atoms with Gasteiger partial charge in [0, 0.05) is 3.57 Å². The van der Waals surface area contributed by atoms with Gasteiger partial charge in [-0.2, -0.15) is 0 Å². The Morgan fingerprint density at radius 1 is 1.20 bits per heavy atom. The van der Waals surface area contributed by atoms with E-state index in [0.717, 1.165) is 20.6 Å². The van der Waals surface area contributed by atoms with E-state index in [0.29, 0.717) is 0 Å². The number of rotatable bonds is 4. The standard InChI is InChI=1S/C16H18ClIN2/c1-10-4-3-5-11(2)13(10)9-16(20-19)12-6-7-15(18)14(17)8-12/h3-8,16,20H,9,19H2,1-2H3. The first-order chi connectivity index (χ1) is 9.52. The molecule has 2 aromatic carbocycles. The number of hydrogen-bond acceptors (Lipinski definition) is 2. The summed E-state index contributed by atoms with van der Waals surface area (Å²) in [5.74, 6) is 5.75. The van der Waals surface area contributed by atoms with Gasteiger partial charge in [0.05, 0.1) is 11.1 Å². The van der Waals surface area contributed by atoms with Crippen molar-refractivity contribution in [2.75, 3.05) is 0 Å². The Kier molecular flexibility index (Phi) is 5.43. The predicted molar refractivity (Wildman–Crippen MR) is 93.9 cm³/mol. The third kappa shape index (κ3) is 3.52. The van der Waals surface area contributed by atoms with Gasteiger partial charge in [0.25, 0.3) is 0 Å². The summed E-state index contributed by atoms with van der Waals surface area (Å²) in [4.78, 5) is 0. The molecule has 0 aliphatic carbocycles. The molecule has 2 aromatic rings. The highest BCUT2D eigenvalue weighted by Gasteiger charge is 2.14. The monoisotopic (exact) mass is 400 g/mol.